The van der Waals surface area contributed by atoms with Crippen molar-refractivity contribution in [2.75, 3.05) is 13.6 Å². The second-order valence-corrected chi connectivity index (χ2v) is 5.01. The van der Waals surface area contributed by atoms with Crippen LogP contribution in [0.4, 0.5) is 0 Å². The van der Waals surface area contributed by atoms with Gasteiger partial charge in [-0.15, -0.1) is 11.3 Å². The minimum Gasteiger partial charge on any atom is -0.341 e. The highest BCUT2D eigenvalue weighted by molar-refractivity contribution is 9.11. The molecule has 1 rings (SSSR count). The molecule has 0 aliphatic rings. The van der Waals surface area contributed by atoms with Gasteiger partial charge in [0, 0.05) is 13.6 Å². The van der Waals surface area contributed by atoms with Crippen molar-refractivity contribution in [1.82, 2.24) is 9.88 Å². The van der Waals surface area contributed by atoms with Crippen LogP contribution in [0, 0.1) is 0 Å². The van der Waals surface area contributed by atoms with Gasteiger partial charge in [-0.1, -0.05) is 6.92 Å². The molecule has 1 aromatic heterocycles. The molecule has 0 unspecified atom stereocenters. The Labute approximate surface area is 89.9 Å². The van der Waals surface area contributed by atoms with Crippen LogP contribution in [0.3, 0.4) is 0 Å². The van der Waals surface area contributed by atoms with Gasteiger partial charge in [0.25, 0.3) is 5.91 Å². The van der Waals surface area contributed by atoms with Gasteiger partial charge in [0.15, 0.2) is 3.92 Å². The smallest absolute Gasteiger partial charge is 0.265 e. The third-order valence-electron chi connectivity index (χ3n) is 1.59. The van der Waals surface area contributed by atoms with Crippen LogP contribution in [0.5, 0.6) is 0 Å². The van der Waals surface area contributed by atoms with Crippen LogP contribution in [0.15, 0.2) is 10.1 Å². The molecule has 0 atom stereocenters. The van der Waals surface area contributed by atoms with Crippen LogP contribution in [-0.4, -0.2) is 29.4 Å². The number of aromatic nitrogens is 1. The van der Waals surface area contributed by atoms with Crippen molar-refractivity contribution in [3.63, 3.8) is 0 Å². The predicted molar refractivity (Wildman–Crippen MR) is 57.1 cm³/mol. The molecule has 0 saturated heterocycles. The van der Waals surface area contributed by atoms with Gasteiger partial charge in [0.1, 0.15) is 4.88 Å². The second kappa shape index (κ2) is 4.72. The SMILES string of the molecule is CCCN(C)C(=O)c1cnc(Br)s1. The van der Waals surface area contributed by atoms with Crippen LogP contribution in [0.2, 0.25) is 0 Å². The molecule has 0 radical (unpaired) electrons. The Kier molecular flexibility index (Phi) is 3.87. The predicted octanol–water partition coefficient (Wildman–Crippen LogP) is 2.39. The summed E-state index contributed by atoms with van der Waals surface area (Å²) in [6.07, 6.45) is 2.57. The lowest BCUT2D eigenvalue weighted by molar-refractivity contribution is 0.0799. The lowest BCUT2D eigenvalue weighted by Gasteiger charge is -2.13. The molecule has 72 valence electrons. The van der Waals surface area contributed by atoms with Crippen molar-refractivity contribution < 1.29 is 4.79 Å². The lowest BCUT2D eigenvalue weighted by Crippen LogP contribution is -2.26. The molecule has 13 heavy (non-hydrogen) atoms. The Morgan fingerprint density at radius 1 is 1.77 bits per heavy atom. The quantitative estimate of drug-likeness (QED) is 0.838. The Hall–Kier alpha value is -0.420. The van der Waals surface area contributed by atoms with E-state index in [-0.39, 0.29) is 5.91 Å². The summed E-state index contributed by atoms with van der Waals surface area (Å²) in [4.78, 5) is 18.0. The van der Waals surface area contributed by atoms with Crippen LogP contribution in [0.1, 0.15) is 23.0 Å². The van der Waals surface area contributed by atoms with E-state index in [1.807, 2.05) is 6.92 Å². The number of halogens is 1. The molecule has 1 heterocycles. The molecular formula is C8H11BrN2OS. The average Bonchev–Trinajstić information content (AvgIpc) is 2.51. The van der Waals surface area contributed by atoms with E-state index in [1.54, 1.807) is 18.1 Å². The van der Waals surface area contributed by atoms with Crippen LogP contribution in [0.25, 0.3) is 0 Å². The van der Waals surface area contributed by atoms with Gasteiger partial charge in [0.2, 0.25) is 0 Å². The molecule has 1 aromatic rings. The first kappa shape index (κ1) is 10.7. The van der Waals surface area contributed by atoms with Crippen LogP contribution in [-0.2, 0) is 0 Å². The third-order valence-corrected chi connectivity index (χ3v) is 3.06. The lowest BCUT2D eigenvalue weighted by atomic mass is 10.4. The molecule has 1 amide bonds. The first-order valence-electron chi connectivity index (χ1n) is 4.02. The van der Waals surface area contributed by atoms with Gasteiger partial charge >= 0.3 is 0 Å². The number of nitrogens with zero attached hydrogens (tertiary/aromatic N) is 2. The number of hydrogen-bond donors (Lipinski definition) is 0. The maximum absolute atomic E-state index is 11.6. The van der Waals surface area contributed by atoms with Crippen molar-refractivity contribution in [1.29, 1.82) is 0 Å². The molecule has 0 fully saturated rings. The monoisotopic (exact) mass is 262 g/mol. The van der Waals surface area contributed by atoms with E-state index in [0.29, 0.717) is 4.88 Å². The largest absolute Gasteiger partial charge is 0.341 e. The van der Waals surface area contributed by atoms with E-state index in [9.17, 15) is 4.79 Å². The molecule has 5 heteroatoms. The van der Waals surface area contributed by atoms with Crippen molar-refractivity contribution in [3.05, 3.63) is 15.0 Å². The molecule has 3 nitrogen and oxygen atoms in total. The van der Waals surface area contributed by atoms with E-state index in [1.165, 1.54) is 11.3 Å². The third kappa shape index (κ3) is 2.77. The fourth-order valence-corrected chi connectivity index (χ4v) is 2.24. The summed E-state index contributed by atoms with van der Waals surface area (Å²) in [7, 11) is 1.81. The van der Waals surface area contributed by atoms with Gasteiger partial charge < -0.3 is 4.90 Å². The molecule has 0 N–H and O–H groups in total. The fraction of sp³-hybridized carbons (Fsp3) is 0.500. The molecule has 0 bridgehead atoms. The Balaban J connectivity index is 2.67. The molecular weight excluding hydrogens is 252 g/mol. The number of rotatable bonds is 3. The van der Waals surface area contributed by atoms with E-state index >= 15 is 0 Å². The van der Waals surface area contributed by atoms with Crippen molar-refractivity contribution in [3.8, 4) is 0 Å². The molecule has 0 aliphatic heterocycles. The summed E-state index contributed by atoms with van der Waals surface area (Å²) in [5.74, 6) is 0.0463. The number of carbonyl (C=O) groups excluding carboxylic acids is 1. The highest BCUT2D eigenvalue weighted by Crippen LogP contribution is 2.19. The first-order chi connectivity index (χ1) is 6.15. The van der Waals surface area contributed by atoms with Gasteiger partial charge in [-0.2, -0.15) is 0 Å². The zero-order valence-electron chi connectivity index (χ0n) is 7.58. The van der Waals surface area contributed by atoms with E-state index in [4.69, 9.17) is 0 Å². The van der Waals surface area contributed by atoms with Gasteiger partial charge in [0.05, 0.1) is 6.20 Å². The minimum atomic E-state index is 0.0463. The van der Waals surface area contributed by atoms with E-state index < -0.39 is 0 Å². The Bertz CT molecular complexity index is 300. The standard InChI is InChI=1S/C8H11BrN2OS/c1-3-4-11(2)7(12)6-5-10-8(9)13-6/h5H,3-4H2,1-2H3. The van der Waals surface area contributed by atoms with Gasteiger partial charge in [-0.3, -0.25) is 4.79 Å². The number of carbonyl (C=O) groups is 1. The normalized spacial score (nSPS) is 10.1. The summed E-state index contributed by atoms with van der Waals surface area (Å²) < 4.78 is 0.751. The topological polar surface area (TPSA) is 33.2 Å². The zero-order chi connectivity index (χ0) is 9.84. The highest BCUT2D eigenvalue weighted by Gasteiger charge is 2.13. The van der Waals surface area contributed by atoms with Crippen molar-refractivity contribution in [2.24, 2.45) is 0 Å². The molecule has 0 spiro atoms. The summed E-state index contributed by atoms with van der Waals surface area (Å²) >= 11 is 4.59. The van der Waals surface area contributed by atoms with Crippen molar-refractivity contribution >= 4 is 33.2 Å². The maximum atomic E-state index is 11.6. The Morgan fingerprint density at radius 3 is 2.92 bits per heavy atom. The summed E-state index contributed by atoms with van der Waals surface area (Å²) in [6.45, 7) is 2.83. The number of thiazole rings is 1. The van der Waals surface area contributed by atoms with Gasteiger partial charge in [-0.05, 0) is 22.4 Å². The van der Waals surface area contributed by atoms with Crippen molar-refractivity contribution in [2.45, 2.75) is 13.3 Å². The molecule has 0 aromatic carbocycles. The van der Waals surface area contributed by atoms with Crippen LogP contribution >= 0.6 is 27.3 Å². The Morgan fingerprint density at radius 2 is 2.46 bits per heavy atom. The number of amides is 1. The minimum absolute atomic E-state index is 0.0463. The second-order valence-electron chi connectivity index (χ2n) is 2.70. The van der Waals surface area contributed by atoms with E-state index in [0.717, 1.165) is 16.9 Å². The summed E-state index contributed by atoms with van der Waals surface area (Å²) in [6, 6.07) is 0. The first-order valence-corrected chi connectivity index (χ1v) is 5.63. The fourth-order valence-electron chi connectivity index (χ4n) is 0.977. The van der Waals surface area contributed by atoms with Crippen LogP contribution < -0.4 is 0 Å². The highest BCUT2D eigenvalue weighted by atomic mass is 79.9. The molecule has 0 saturated carbocycles. The summed E-state index contributed by atoms with van der Waals surface area (Å²) in [5, 5.41) is 0. The van der Waals surface area contributed by atoms with E-state index in [2.05, 4.69) is 20.9 Å². The molecule has 0 aliphatic carbocycles. The zero-order valence-corrected chi connectivity index (χ0v) is 9.98. The average molecular weight is 263 g/mol. The summed E-state index contributed by atoms with van der Waals surface area (Å²) in [5.41, 5.74) is 0. The number of hydrogen-bond acceptors (Lipinski definition) is 3. The van der Waals surface area contributed by atoms with Gasteiger partial charge in [-0.25, -0.2) is 4.98 Å². The maximum Gasteiger partial charge on any atom is 0.265 e.